The first-order chi connectivity index (χ1) is 8.69. The zero-order chi connectivity index (χ0) is 13.0. The van der Waals surface area contributed by atoms with Crippen LogP contribution in [0.5, 0.6) is 11.5 Å². The second kappa shape index (κ2) is 5.49. The highest BCUT2D eigenvalue weighted by molar-refractivity contribution is 5.29. The molecular weight excluding hydrogens is 238 g/mol. The molecule has 0 amide bonds. The van der Waals surface area contributed by atoms with Gasteiger partial charge in [0.25, 0.3) is 0 Å². The van der Waals surface area contributed by atoms with Gasteiger partial charge in [0.05, 0.1) is 7.11 Å². The van der Waals surface area contributed by atoms with E-state index >= 15 is 0 Å². The van der Waals surface area contributed by atoms with Gasteiger partial charge >= 0.3 is 0 Å². The summed E-state index contributed by atoms with van der Waals surface area (Å²) in [6, 6.07) is 10.3. The van der Waals surface area contributed by atoms with Crippen LogP contribution in [-0.4, -0.2) is 7.11 Å². The molecule has 0 fully saturated rings. The van der Waals surface area contributed by atoms with Gasteiger partial charge in [0, 0.05) is 0 Å². The molecule has 0 aliphatic carbocycles. The number of hydrogen-bond acceptors (Lipinski definition) is 2. The van der Waals surface area contributed by atoms with E-state index in [1.54, 1.807) is 12.1 Å². The lowest BCUT2D eigenvalue weighted by Gasteiger charge is -2.07. The number of hydrogen-bond donors (Lipinski definition) is 0. The maximum Gasteiger partial charge on any atom is 0.165 e. The summed E-state index contributed by atoms with van der Waals surface area (Å²) < 4.78 is 36.3. The second-order valence-corrected chi connectivity index (χ2v) is 3.71. The SMILES string of the molecule is COc1ccc(COc2ccc(F)cc2)cc1F. The Bertz CT molecular complexity index is 524. The van der Waals surface area contributed by atoms with E-state index in [4.69, 9.17) is 9.47 Å². The molecule has 0 aliphatic rings. The highest BCUT2D eigenvalue weighted by atomic mass is 19.1. The van der Waals surface area contributed by atoms with Gasteiger partial charge in [-0.15, -0.1) is 0 Å². The predicted octanol–water partition coefficient (Wildman–Crippen LogP) is 3.55. The van der Waals surface area contributed by atoms with Crippen LogP contribution in [-0.2, 0) is 6.61 Å². The zero-order valence-corrected chi connectivity index (χ0v) is 9.82. The van der Waals surface area contributed by atoms with E-state index in [1.165, 1.54) is 37.4 Å². The van der Waals surface area contributed by atoms with Crippen LogP contribution < -0.4 is 9.47 Å². The molecule has 0 spiro atoms. The Kier molecular flexibility index (Phi) is 3.77. The first-order valence-electron chi connectivity index (χ1n) is 5.40. The van der Waals surface area contributed by atoms with Crippen molar-refractivity contribution in [1.82, 2.24) is 0 Å². The van der Waals surface area contributed by atoms with Gasteiger partial charge in [-0.2, -0.15) is 0 Å². The van der Waals surface area contributed by atoms with E-state index in [-0.39, 0.29) is 18.2 Å². The van der Waals surface area contributed by atoms with Crippen LogP contribution in [0.4, 0.5) is 8.78 Å². The van der Waals surface area contributed by atoms with Gasteiger partial charge in [-0.1, -0.05) is 6.07 Å². The van der Waals surface area contributed by atoms with Crippen molar-refractivity contribution in [2.24, 2.45) is 0 Å². The molecule has 0 aliphatic heterocycles. The lowest BCUT2D eigenvalue weighted by molar-refractivity contribution is 0.304. The molecule has 2 aromatic rings. The minimum atomic E-state index is -0.433. The Labute approximate surface area is 104 Å². The molecule has 0 radical (unpaired) electrons. The fraction of sp³-hybridized carbons (Fsp3) is 0.143. The number of benzene rings is 2. The van der Waals surface area contributed by atoms with Crippen LogP contribution in [0.25, 0.3) is 0 Å². The third-order valence-electron chi connectivity index (χ3n) is 2.44. The van der Waals surface area contributed by atoms with Crippen molar-refractivity contribution in [3.63, 3.8) is 0 Å². The van der Waals surface area contributed by atoms with E-state index in [1.807, 2.05) is 0 Å². The topological polar surface area (TPSA) is 18.5 Å². The zero-order valence-electron chi connectivity index (χ0n) is 9.82. The molecule has 94 valence electrons. The van der Waals surface area contributed by atoms with Crippen LogP contribution in [0.15, 0.2) is 42.5 Å². The van der Waals surface area contributed by atoms with Crippen LogP contribution in [0.2, 0.25) is 0 Å². The van der Waals surface area contributed by atoms with Gasteiger partial charge in [-0.25, -0.2) is 8.78 Å². The molecular formula is C14H12F2O2. The summed E-state index contributed by atoms with van der Waals surface area (Å²) in [6.07, 6.45) is 0. The van der Waals surface area contributed by atoms with Gasteiger partial charge in [-0.3, -0.25) is 0 Å². The van der Waals surface area contributed by atoms with Crippen molar-refractivity contribution in [3.05, 3.63) is 59.7 Å². The first kappa shape index (κ1) is 12.4. The Balaban J connectivity index is 2.02. The molecule has 2 nitrogen and oxygen atoms in total. The molecule has 0 unspecified atom stereocenters. The molecule has 0 saturated carbocycles. The van der Waals surface area contributed by atoms with E-state index in [9.17, 15) is 8.78 Å². The van der Waals surface area contributed by atoms with Crippen molar-refractivity contribution < 1.29 is 18.3 Å². The van der Waals surface area contributed by atoms with Gasteiger partial charge in [0.1, 0.15) is 18.2 Å². The van der Waals surface area contributed by atoms with Crippen molar-refractivity contribution in [1.29, 1.82) is 0 Å². The lowest BCUT2D eigenvalue weighted by atomic mass is 10.2. The molecule has 4 heteroatoms. The summed E-state index contributed by atoms with van der Waals surface area (Å²) in [5.41, 5.74) is 0.678. The van der Waals surface area contributed by atoms with Gasteiger partial charge in [0.2, 0.25) is 0 Å². The van der Waals surface area contributed by atoms with Crippen LogP contribution in [0, 0.1) is 11.6 Å². The fourth-order valence-electron chi connectivity index (χ4n) is 1.50. The Morgan fingerprint density at radius 2 is 1.72 bits per heavy atom. The molecule has 0 bridgehead atoms. The number of halogens is 2. The largest absolute Gasteiger partial charge is 0.494 e. The minimum absolute atomic E-state index is 0.195. The van der Waals surface area contributed by atoms with Crippen LogP contribution in [0.3, 0.4) is 0 Å². The predicted molar refractivity (Wildman–Crippen MR) is 63.7 cm³/mol. The molecule has 18 heavy (non-hydrogen) atoms. The average molecular weight is 250 g/mol. The second-order valence-electron chi connectivity index (χ2n) is 3.71. The summed E-state index contributed by atoms with van der Waals surface area (Å²) in [5, 5.41) is 0. The lowest BCUT2D eigenvalue weighted by Crippen LogP contribution is -1.97. The van der Waals surface area contributed by atoms with Crippen molar-refractivity contribution >= 4 is 0 Å². The normalized spacial score (nSPS) is 10.2. The third kappa shape index (κ3) is 2.97. The molecule has 0 saturated heterocycles. The summed E-state index contributed by atoms with van der Waals surface area (Å²) >= 11 is 0. The smallest absolute Gasteiger partial charge is 0.165 e. The molecule has 0 aromatic heterocycles. The van der Waals surface area contributed by atoms with Crippen molar-refractivity contribution in [2.45, 2.75) is 6.61 Å². The molecule has 0 N–H and O–H groups in total. The molecule has 0 heterocycles. The van der Waals surface area contributed by atoms with Gasteiger partial charge in [-0.05, 0) is 42.0 Å². The highest BCUT2D eigenvalue weighted by Gasteiger charge is 2.04. The number of rotatable bonds is 4. The quantitative estimate of drug-likeness (QED) is 0.826. The molecule has 2 aromatic carbocycles. The molecule has 0 atom stereocenters. The van der Waals surface area contributed by atoms with Crippen molar-refractivity contribution in [2.75, 3.05) is 7.11 Å². The first-order valence-corrected chi connectivity index (χ1v) is 5.40. The van der Waals surface area contributed by atoms with Gasteiger partial charge in [0.15, 0.2) is 11.6 Å². The summed E-state index contributed by atoms with van der Waals surface area (Å²) in [7, 11) is 1.41. The maximum absolute atomic E-state index is 13.4. The highest BCUT2D eigenvalue weighted by Crippen LogP contribution is 2.19. The summed E-state index contributed by atoms with van der Waals surface area (Å²) in [5.74, 6) is -0.0243. The average Bonchev–Trinajstić information content (AvgIpc) is 2.38. The Hall–Kier alpha value is -2.10. The minimum Gasteiger partial charge on any atom is -0.494 e. The third-order valence-corrected chi connectivity index (χ3v) is 2.44. The van der Waals surface area contributed by atoms with E-state index in [2.05, 4.69) is 0 Å². The van der Waals surface area contributed by atoms with Crippen LogP contribution in [0.1, 0.15) is 5.56 Å². The monoisotopic (exact) mass is 250 g/mol. The molecule has 2 rings (SSSR count). The van der Waals surface area contributed by atoms with Crippen molar-refractivity contribution in [3.8, 4) is 11.5 Å². The summed E-state index contributed by atoms with van der Waals surface area (Å²) in [4.78, 5) is 0. The van der Waals surface area contributed by atoms with E-state index in [0.29, 0.717) is 11.3 Å². The van der Waals surface area contributed by atoms with Crippen LogP contribution >= 0.6 is 0 Å². The van der Waals surface area contributed by atoms with Gasteiger partial charge < -0.3 is 9.47 Å². The van der Waals surface area contributed by atoms with E-state index in [0.717, 1.165) is 0 Å². The number of ether oxygens (including phenoxy) is 2. The van der Waals surface area contributed by atoms with E-state index < -0.39 is 5.82 Å². The summed E-state index contributed by atoms with van der Waals surface area (Å²) in [6.45, 7) is 0.215. The number of methoxy groups -OCH3 is 1. The maximum atomic E-state index is 13.4. The fourth-order valence-corrected chi connectivity index (χ4v) is 1.50. The Morgan fingerprint density at radius 1 is 1.00 bits per heavy atom. The standard InChI is InChI=1S/C14H12F2O2/c1-17-14-7-2-10(8-13(14)16)9-18-12-5-3-11(15)4-6-12/h2-8H,9H2,1H3. The Morgan fingerprint density at radius 3 is 2.33 bits per heavy atom.